The van der Waals surface area contributed by atoms with Crippen molar-refractivity contribution in [1.29, 1.82) is 0 Å². The van der Waals surface area contributed by atoms with E-state index in [4.69, 9.17) is 9.26 Å². The summed E-state index contributed by atoms with van der Waals surface area (Å²) in [6, 6.07) is 14.4. The van der Waals surface area contributed by atoms with Crippen LogP contribution in [0, 0.1) is 11.8 Å². The summed E-state index contributed by atoms with van der Waals surface area (Å²) in [6.45, 7) is 0. The Bertz CT molecular complexity index is 1270. The Labute approximate surface area is 208 Å². The molecule has 0 N–H and O–H groups in total. The molecule has 2 atom stereocenters. The number of carbonyl (C=O) groups is 4. The molecular weight excluding hydrogens is 460 g/mol. The second kappa shape index (κ2) is 9.89. The van der Waals surface area contributed by atoms with E-state index in [0.717, 1.165) is 37.7 Å². The van der Waals surface area contributed by atoms with Crippen LogP contribution >= 0.6 is 0 Å². The van der Waals surface area contributed by atoms with Crippen molar-refractivity contribution in [2.24, 2.45) is 11.8 Å². The molecule has 184 valence electrons. The first-order valence-electron chi connectivity index (χ1n) is 12.1. The first-order valence-corrected chi connectivity index (χ1v) is 12.1. The lowest BCUT2D eigenvalue weighted by atomic mass is 9.76. The van der Waals surface area contributed by atoms with Crippen molar-refractivity contribution in [2.45, 2.75) is 38.1 Å². The van der Waals surface area contributed by atoms with E-state index in [0.29, 0.717) is 16.9 Å². The molecule has 2 aromatic carbocycles. The van der Waals surface area contributed by atoms with E-state index in [1.807, 2.05) is 12.1 Å². The molecule has 36 heavy (non-hydrogen) atoms. The highest BCUT2D eigenvalue weighted by molar-refractivity contribution is 6.49. The van der Waals surface area contributed by atoms with Crippen molar-refractivity contribution in [3.63, 3.8) is 0 Å². The normalized spacial score (nSPS) is 20.5. The summed E-state index contributed by atoms with van der Waals surface area (Å²) >= 11 is 0. The third-order valence-corrected chi connectivity index (χ3v) is 7.24. The Balaban J connectivity index is 1.50. The largest absolute Gasteiger partial charge is 0.465 e. The Morgan fingerprint density at radius 1 is 0.917 bits per heavy atom. The molecule has 0 radical (unpaired) electrons. The number of methoxy groups -OCH3 is 1. The topological polar surface area (TPSA) is 107 Å². The molecule has 1 aliphatic carbocycles. The van der Waals surface area contributed by atoms with Gasteiger partial charge in [0.25, 0.3) is 5.91 Å². The van der Waals surface area contributed by atoms with Crippen LogP contribution in [0.5, 0.6) is 0 Å². The van der Waals surface area contributed by atoms with Gasteiger partial charge in [0.2, 0.25) is 5.78 Å². The molecule has 5 rings (SSSR count). The minimum absolute atomic E-state index is 0.0349. The van der Waals surface area contributed by atoms with Gasteiger partial charge in [-0.2, -0.15) is 0 Å². The Morgan fingerprint density at radius 3 is 2.19 bits per heavy atom. The van der Waals surface area contributed by atoms with E-state index in [9.17, 15) is 19.2 Å². The van der Waals surface area contributed by atoms with Gasteiger partial charge >= 0.3 is 5.97 Å². The molecule has 0 spiro atoms. The summed E-state index contributed by atoms with van der Waals surface area (Å²) in [5.41, 5.74) is 2.65. The maximum Gasteiger partial charge on any atom is 0.337 e. The minimum atomic E-state index is -1.10. The zero-order chi connectivity index (χ0) is 25.2. The van der Waals surface area contributed by atoms with Crippen molar-refractivity contribution in [1.82, 2.24) is 5.16 Å². The molecule has 1 aliphatic heterocycles. The smallest absolute Gasteiger partial charge is 0.337 e. The number of Topliss-reactive ketones (excluding diaryl/α,β-unsaturated/α-hetero) is 2. The first-order chi connectivity index (χ1) is 17.5. The molecule has 8 heteroatoms. The monoisotopic (exact) mass is 486 g/mol. The van der Waals surface area contributed by atoms with Crippen molar-refractivity contribution in [3.05, 3.63) is 72.0 Å². The summed E-state index contributed by atoms with van der Waals surface area (Å²) in [5.74, 6) is -3.33. The highest BCUT2D eigenvalue weighted by Crippen LogP contribution is 2.41. The van der Waals surface area contributed by atoms with Gasteiger partial charge in [-0.3, -0.25) is 14.4 Å². The third-order valence-electron chi connectivity index (χ3n) is 7.24. The lowest BCUT2D eigenvalue weighted by molar-refractivity contribution is -0.135. The number of anilines is 1. The molecule has 2 aliphatic rings. The zero-order valence-electron chi connectivity index (χ0n) is 19.9. The predicted octanol–water partition coefficient (Wildman–Crippen LogP) is 4.49. The number of esters is 1. The van der Waals surface area contributed by atoms with Gasteiger partial charge in [0, 0.05) is 22.9 Å². The number of ether oxygens (including phenoxy) is 1. The number of aromatic nitrogens is 1. The Morgan fingerprint density at radius 2 is 1.58 bits per heavy atom. The summed E-state index contributed by atoms with van der Waals surface area (Å²) in [4.78, 5) is 53.6. The van der Waals surface area contributed by atoms with Crippen LogP contribution in [0.4, 0.5) is 5.69 Å². The summed E-state index contributed by atoms with van der Waals surface area (Å²) in [7, 11) is 1.28. The minimum Gasteiger partial charge on any atom is -0.465 e. The van der Waals surface area contributed by atoms with Gasteiger partial charge in [-0.25, -0.2) is 4.79 Å². The average Bonchev–Trinajstić information content (AvgIpc) is 3.56. The number of hydrogen-bond acceptors (Lipinski definition) is 7. The lowest BCUT2D eigenvalue weighted by Gasteiger charge is -2.35. The summed E-state index contributed by atoms with van der Waals surface area (Å²) in [5, 5.41) is 3.94. The fourth-order valence-corrected chi connectivity index (χ4v) is 5.44. The number of nitrogens with zero attached hydrogens (tertiary/aromatic N) is 2. The zero-order valence-corrected chi connectivity index (χ0v) is 19.9. The van der Waals surface area contributed by atoms with E-state index >= 15 is 0 Å². The summed E-state index contributed by atoms with van der Waals surface area (Å²) < 4.78 is 9.63. The lowest BCUT2D eigenvalue weighted by Crippen LogP contribution is -2.44. The maximum atomic E-state index is 13.7. The third kappa shape index (κ3) is 4.23. The highest BCUT2D eigenvalue weighted by atomic mass is 16.5. The number of rotatable bonds is 6. The van der Waals surface area contributed by atoms with Gasteiger partial charge in [0.1, 0.15) is 17.9 Å². The number of benzene rings is 2. The van der Waals surface area contributed by atoms with E-state index in [1.54, 1.807) is 18.2 Å². The average molecular weight is 487 g/mol. The molecule has 8 nitrogen and oxygen atoms in total. The van der Waals surface area contributed by atoms with Crippen molar-refractivity contribution < 1.29 is 28.4 Å². The van der Waals surface area contributed by atoms with Crippen molar-refractivity contribution in [3.8, 4) is 11.3 Å². The number of carbonyl (C=O) groups excluding carboxylic acids is 4. The predicted molar refractivity (Wildman–Crippen MR) is 130 cm³/mol. The van der Waals surface area contributed by atoms with E-state index in [1.165, 1.54) is 42.5 Å². The Kier molecular flexibility index (Phi) is 6.50. The van der Waals surface area contributed by atoms with Crippen molar-refractivity contribution >= 4 is 29.1 Å². The van der Waals surface area contributed by atoms with Crippen molar-refractivity contribution in [2.75, 3.05) is 12.0 Å². The summed E-state index contributed by atoms with van der Waals surface area (Å²) in [6.07, 6.45) is 6.28. The van der Waals surface area contributed by atoms with Crippen LogP contribution in [0.2, 0.25) is 0 Å². The van der Waals surface area contributed by atoms with Gasteiger partial charge in [-0.05, 0) is 43.0 Å². The number of hydrogen-bond donors (Lipinski definition) is 0. The molecular formula is C28H26N2O6. The van der Waals surface area contributed by atoms with E-state index in [2.05, 4.69) is 5.16 Å². The molecule has 2 heterocycles. The Hall–Kier alpha value is -4.07. The number of ketones is 2. The first kappa shape index (κ1) is 23.7. The quantitative estimate of drug-likeness (QED) is 0.219. The molecule has 1 aromatic heterocycles. The standard InChI is InChI=1S/C28H26N2O6/c1-35-28(34)20-9-7-19(8-10-20)25(31)23-24(18-5-3-2-4-6-18)30(27(33)26(23)32)21-13-11-17(12-14-21)22-15-16-36-29-22/h7-16,18,23-24H,2-6H2,1H3. The molecule has 1 amide bonds. The van der Waals surface area contributed by atoms with Crippen LogP contribution in [0.15, 0.2) is 65.4 Å². The van der Waals surface area contributed by atoms with Gasteiger partial charge in [0.15, 0.2) is 5.78 Å². The molecule has 2 unspecified atom stereocenters. The molecule has 3 aromatic rings. The molecule has 0 bridgehead atoms. The molecule has 2 fully saturated rings. The fraction of sp³-hybridized carbons (Fsp3) is 0.321. The second-order valence-electron chi connectivity index (χ2n) is 9.27. The maximum absolute atomic E-state index is 13.7. The van der Waals surface area contributed by atoms with Crippen LogP contribution in [0.25, 0.3) is 11.3 Å². The van der Waals surface area contributed by atoms with Crippen LogP contribution < -0.4 is 4.90 Å². The van der Waals surface area contributed by atoms with E-state index in [-0.39, 0.29) is 11.5 Å². The van der Waals surface area contributed by atoms with Crippen LogP contribution in [0.1, 0.15) is 52.8 Å². The van der Waals surface area contributed by atoms with Gasteiger partial charge in [0.05, 0.1) is 18.7 Å². The molecule has 1 saturated heterocycles. The van der Waals surface area contributed by atoms with Crippen LogP contribution in [-0.4, -0.2) is 41.8 Å². The van der Waals surface area contributed by atoms with Gasteiger partial charge in [-0.15, -0.1) is 0 Å². The SMILES string of the molecule is COC(=O)c1ccc(C(=O)C2C(=O)C(=O)N(c3ccc(-c4ccon4)cc3)C2C2CCCCC2)cc1. The van der Waals surface area contributed by atoms with Crippen LogP contribution in [0.3, 0.4) is 0 Å². The second-order valence-corrected chi connectivity index (χ2v) is 9.27. The highest BCUT2D eigenvalue weighted by Gasteiger charge is 2.54. The van der Waals surface area contributed by atoms with Gasteiger partial charge < -0.3 is 14.2 Å². The molecule has 1 saturated carbocycles. The fourth-order valence-electron chi connectivity index (χ4n) is 5.44. The van der Waals surface area contributed by atoms with Gasteiger partial charge in [-0.1, -0.05) is 48.7 Å². The van der Waals surface area contributed by atoms with E-state index < -0.39 is 35.4 Å². The number of amides is 1. The van der Waals surface area contributed by atoms with Crippen LogP contribution in [-0.2, 0) is 14.3 Å².